The second-order valence-corrected chi connectivity index (χ2v) is 4.90. The van der Waals surface area contributed by atoms with E-state index in [0.717, 1.165) is 25.4 Å². The van der Waals surface area contributed by atoms with Gasteiger partial charge in [-0.25, -0.2) is 0 Å². The molecule has 1 heterocycles. The van der Waals surface area contributed by atoms with Gasteiger partial charge in [-0.2, -0.15) is 0 Å². The molecule has 1 atom stereocenters. The van der Waals surface area contributed by atoms with Crippen LogP contribution in [0.15, 0.2) is 12.1 Å². The van der Waals surface area contributed by atoms with Crippen molar-refractivity contribution in [2.45, 2.75) is 19.9 Å². The molecule has 2 rings (SSSR count). The van der Waals surface area contributed by atoms with Gasteiger partial charge in [0.05, 0.1) is 13.2 Å². The standard InChI is InChI=1S/C14H22N2O/c1-10-7-11(2)14(17-4)12(8-10)13-9-15-5-6-16(13)3/h7-8,13,15H,5-6,9H2,1-4H3. The molecular formula is C14H22N2O. The fraction of sp³-hybridized carbons (Fsp3) is 0.571. The maximum Gasteiger partial charge on any atom is 0.126 e. The number of piperazine rings is 1. The van der Waals surface area contributed by atoms with E-state index in [1.165, 1.54) is 16.7 Å². The van der Waals surface area contributed by atoms with Crippen LogP contribution in [0.1, 0.15) is 22.7 Å². The van der Waals surface area contributed by atoms with E-state index in [1.807, 2.05) is 0 Å². The van der Waals surface area contributed by atoms with Crippen LogP contribution < -0.4 is 10.1 Å². The summed E-state index contributed by atoms with van der Waals surface area (Å²) >= 11 is 0. The van der Waals surface area contributed by atoms with Crippen LogP contribution >= 0.6 is 0 Å². The van der Waals surface area contributed by atoms with Crippen molar-refractivity contribution in [2.24, 2.45) is 0 Å². The highest BCUT2D eigenvalue weighted by atomic mass is 16.5. The molecule has 3 nitrogen and oxygen atoms in total. The van der Waals surface area contributed by atoms with Gasteiger partial charge in [-0.05, 0) is 26.5 Å². The molecule has 1 N–H and O–H groups in total. The van der Waals surface area contributed by atoms with Crippen LogP contribution in [0.5, 0.6) is 5.75 Å². The summed E-state index contributed by atoms with van der Waals surface area (Å²) in [6.45, 7) is 7.41. The molecule has 1 aliphatic heterocycles. The van der Waals surface area contributed by atoms with Gasteiger partial charge in [0.15, 0.2) is 0 Å². The topological polar surface area (TPSA) is 24.5 Å². The number of ether oxygens (including phenoxy) is 1. The summed E-state index contributed by atoms with van der Waals surface area (Å²) in [6, 6.07) is 4.84. The zero-order valence-electron chi connectivity index (χ0n) is 11.2. The molecule has 3 heteroatoms. The van der Waals surface area contributed by atoms with Crippen LogP contribution in [0, 0.1) is 13.8 Å². The Morgan fingerprint density at radius 3 is 2.76 bits per heavy atom. The molecule has 0 amide bonds. The van der Waals surface area contributed by atoms with Crippen LogP contribution in [-0.4, -0.2) is 38.7 Å². The van der Waals surface area contributed by atoms with Crippen molar-refractivity contribution in [3.05, 3.63) is 28.8 Å². The summed E-state index contributed by atoms with van der Waals surface area (Å²) in [5.41, 5.74) is 3.83. The van der Waals surface area contributed by atoms with E-state index in [2.05, 4.69) is 43.2 Å². The third-order valence-electron chi connectivity index (χ3n) is 3.52. The van der Waals surface area contributed by atoms with Crippen molar-refractivity contribution in [2.75, 3.05) is 33.8 Å². The summed E-state index contributed by atoms with van der Waals surface area (Å²) in [4.78, 5) is 2.40. The molecule has 17 heavy (non-hydrogen) atoms. The zero-order valence-corrected chi connectivity index (χ0v) is 11.2. The van der Waals surface area contributed by atoms with Gasteiger partial charge in [0.25, 0.3) is 0 Å². The average Bonchev–Trinajstić information content (AvgIpc) is 2.28. The largest absolute Gasteiger partial charge is 0.496 e. The first kappa shape index (κ1) is 12.4. The van der Waals surface area contributed by atoms with Gasteiger partial charge >= 0.3 is 0 Å². The molecule has 1 aromatic rings. The Morgan fingerprint density at radius 2 is 2.12 bits per heavy atom. The third kappa shape index (κ3) is 2.45. The minimum atomic E-state index is 0.414. The van der Waals surface area contributed by atoms with Crippen molar-refractivity contribution in [3.63, 3.8) is 0 Å². The lowest BCUT2D eigenvalue weighted by Gasteiger charge is -2.34. The molecule has 1 saturated heterocycles. The number of methoxy groups -OCH3 is 1. The highest BCUT2D eigenvalue weighted by Gasteiger charge is 2.24. The quantitative estimate of drug-likeness (QED) is 0.845. The Morgan fingerprint density at radius 1 is 1.35 bits per heavy atom. The number of hydrogen-bond acceptors (Lipinski definition) is 3. The highest BCUT2D eigenvalue weighted by molar-refractivity contribution is 5.45. The smallest absolute Gasteiger partial charge is 0.126 e. The zero-order chi connectivity index (χ0) is 12.4. The minimum absolute atomic E-state index is 0.414. The second kappa shape index (κ2) is 5.07. The first-order chi connectivity index (χ1) is 8.13. The Labute approximate surface area is 104 Å². The molecule has 1 fully saturated rings. The van der Waals surface area contributed by atoms with Gasteiger partial charge in [0, 0.05) is 25.2 Å². The molecule has 0 saturated carbocycles. The van der Waals surface area contributed by atoms with Crippen molar-refractivity contribution in [3.8, 4) is 5.75 Å². The number of nitrogens with one attached hydrogen (secondary N) is 1. The monoisotopic (exact) mass is 234 g/mol. The van der Waals surface area contributed by atoms with Crippen LogP contribution in [-0.2, 0) is 0 Å². The van der Waals surface area contributed by atoms with Gasteiger partial charge in [-0.3, -0.25) is 4.90 Å². The SMILES string of the molecule is COc1c(C)cc(C)cc1C1CNCCN1C. The number of aryl methyl sites for hydroxylation is 2. The van der Waals surface area contributed by atoms with E-state index in [1.54, 1.807) is 7.11 Å². The van der Waals surface area contributed by atoms with Crippen LogP contribution in [0.3, 0.4) is 0 Å². The van der Waals surface area contributed by atoms with Crippen molar-refractivity contribution in [1.29, 1.82) is 0 Å². The second-order valence-electron chi connectivity index (χ2n) is 4.90. The van der Waals surface area contributed by atoms with Crippen molar-refractivity contribution in [1.82, 2.24) is 10.2 Å². The number of benzene rings is 1. The van der Waals surface area contributed by atoms with Crippen molar-refractivity contribution >= 4 is 0 Å². The predicted molar refractivity (Wildman–Crippen MR) is 70.7 cm³/mol. The van der Waals surface area contributed by atoms with Crippen LogP contribution in [0.2, 0.25) is 0 Å². The third-order valence-corrected chi connectivity index (χ3v) is 3.52. The molecule has 1 unspecified atom stereocenters. The Kier molecular flexibility index (Phi) is 3.69. The number of rotatable bonds is 2. The summed E-state index contributed by atoms with van der Waals surface area (Å²) < 4.78 is 5.58. The fourth-order valence-electron chi connectivity index (χ4n) is 2.67. The normalized spacial score (nSPS) is 21.5. The lowest BCUT2D eigenvalue weighted by Crippen LogP contribution is -2.43. The molecule has 1 aliphatic rings. The molecular weight excluding hydrogens is 212 g/mol. The maximum absolute atomic E-state index is 5.58. The summed E-state index contributed by atoms with van der Waals surface area (Å²) in [6.07, 6.45) is 0. The highest BCUT2D eigenvalue weighted by Crippen LogP contribution is 2.33. The van der Waals surface area contributed by atoms with Gasteiger partial charge in [0.1, 0.15) is 5.75 Å². The number of hydrogen-bond donors (Lipinski definition) is 1. The van der Waals surface area contributed by atoms with Gasteiger partial charge in [-0.15, -0.1) is 0 Å². The first-order valence-corrected chi connectivity index (χ1v) is 6.19. The first-order valence-electron chi connectivity index (χ1n) is 6.19. The fourth-order valence-corrected chi connectivity index (χ4v) is 2.67. The summed E-state index contributed by atoms with van der Waals surface area (Å²) in [7, 11) is 3.94. The molecule has 0 bridgehead atoms. The summed E-state index contributed by atoms with van der Waals surface area (Å²) in [5.74, 6) is 1.04. The Bertz CT molecular complexity index is 403. The van der Waals surface area contributed by atoms with E-state index < -0.39 is 0 Å². The van der Waals surface area contributed by atoms with Crippen molar-refractivity contribution < 1.29 is 4.74 Å². The van der Waals surface area contributed by atoms with E-state index in [-0.39, 0.29) is 0 Å². The molecule has 0 aromatic heterocycles. The Balaban J connectivity index is 2.42. The maximum atomic E-state index is 5.58. The predicted octanol–water partition coefficient (Wildman–Crippen LogP) is 1.89. The molecule has 94 valence electrons. The number of likely N-dealkylation sites (N-methyl/N-ethyl adjacent to an activating group) is 1. The average molecular weight is 234 g/mol. The van der Waals surface area contributed by atoms with E-state index in [4.69, 9.17) is 4.74 Å². The van der Waals surface area contributed by atoms with Gasteiger partial charge in [0.2, 0.25) is 0 Å². The lowest BCUT2D eigenvalue weighted by atomic mass is 9.97. The van der Waals surface area contributed by atoms with E-state index >= 15 is 0 Å². The van der Waals surface area contributed by atoms with Gasteiger partial charge < -0.3 is 10.1 Å². The molecule has 0 aliphatic carbocycles. The van der Waals surface area contributed by atoms with Gasteiger partial charge in [-0.1, -0.05) is 17.7 Å². The van der Waals surface area contributed by atoms with Crippen LogP contribution in [0.4, 0.5) is 0 Å². The minimum Gasteiger partial charge on any atom is -0.496 e. The van der Waals surface area contributed by atoms with E-state index in [9.17, 15) is 0 Å². The Hall–Kier alpha value is -1.06. The lowest BCUT2D eigenvalue weighted by molar-refractivity contribution is 0.198. The molecule has 1 aromatic carbocycles. The molecule has 0 radical (unpaired) electrons. The summed E-state index contributed by atoms with van der Waals surface area (Å²) in [5, 5.41) is 3.46. The van der Waals surface area contributed by atoms with Crippen LogP contribution in [0.25, 0.3) is 0 Å². The molecule has 0 spiro atoms. The van der Waals surface area contributed by atoms with E-state index in [0.29, 0.717) is 6.04 Å². The number of nitrogens with zero attached hydrogens (tertiary/aromatic N) is 1.